The number of nitrogens with zero attached hydrogens (tertiary/aromatic N) is 2. The van der Waals surface area contributed by atoms with E-state index in [9.17, 15) is 32.7 Å². The van der Waals surface area contributed by atoms with Crippen molar-refractivity contribution < 1.29 is 42.1 Å². The first-order valence-electron chi connectivity index (χ1n) is 14.8. The first-order chi connectivity index (χ1) is 20.1. The van der Waals surface area contributed by atoms with Gasteiger partial charge in [0, 0.05) is 50.8 Å². The number of alkyl halides is 3. The lowest BCUT2D eigenvalue weighted by molar-refractivity contribution is -0.149. The molecule has 244 valence electrons. The average molecular weight is 617 g/mol. The van der Waals surface area contributed by atoms with E-state index in [2.05, 4.69) is 10.6 Å². The molecule has 1 heterocycles. The molecule has 0 unspecified atom stereocenters. The first kappa shape index (κ1) is 36.1. The summed E-state index contributed by atoms with van der Waals surface area (Å²) in [6.07, 6.45) is -5.00. The third-order valence-electron chi connectivity index (χ3n) is 7.23. The van der Waals surface area contributed by atoms with Crippen molar-refractivity contribution in [1.29, 1.82) is 0 Å². The molecule has 43 heavy (non-hydrogen) atoms. The number of amides is 4. The Morgan fingerprint density at radius 1 is 1.19 bits per heavy atom. The lowest BCUT2D eigenvalue weighted by Crippen LogP contribution is -2.48. The molecule has 1 aromatic rings. The predicted molar refractivity (Wildman–Crippen MR) is 157 cm³/mol. The van der Waals surface area contributed by atoms with Crippen molar-refractivity contribution in [1.82, 2.24) is 15.1 Å². The zero-order valence-corrected chi connectivity index (χ0v) is 26.0. The lowest BCUT2D eigenvalue weighted by Gasteiger charge is -2.36. The smallest absolute Gasteiger partial charge is 0.389 e. The molecule has 0 spiro atoms. The number of rotatable bonds is 8. The molecule has 0 radical (unpaired) electrons. The summed E-state index contributed by atoms with van der Waals surface area (Å²) in [5, 5.41) is 15.5. The van der Waals surface area contributed by atoms with Crippen molar-refractivity contribution in [2.24, 2.45) is 5.92 Å². The molecular weight excluding hydrogens is 569 g/mol. The van der Waals surface area contributed by atoms with Crippen LogP contribution in [0.15, 0.2) is 18.2 Å². The van der Waals surface area contributed by atoms with E-state index in [1.807, 2.05) is 27.7 Å². The summed E-state index contributed by atoms with van der Waals surface area (Å²) in [5.74, 6) is -1.10. The van der Waals surface area contributed by atoms with E-state index >= 15 is 0 Å². The van der Waals surface area contributed by atoms with Gasteiger partial charge in [0.05, 0.1) is 36.8 Å². The van der Waals surface area contributed by atoms with Gasteiger partial charge in [-0.2, -0.15) is 13.2 Å². The van der Waals surface area contributed by atoms with Crippen LogP contribution in [-0.2, 0) is 9.53 Å². The molecule has 13 heteroatoms. The monoisotopic (exact) mass is 616 g/mol. The Balaban J connectivity index is 2.40. The zero-order chi connectivity index (χ0) is 32.3. The highest BCUT2D eigenvalue weighted by atomic mass is 19.4. The predicted octanol–water partition coefficient (Wildman–Crippen LogP) is 4.81. The minimum absolute atomic E-state index is 0.0442. The highest BCUT2D eigenvalue weighted by Crippen LogP contribution is 2.29. The van der Waals surface area contributed by atoms with Gasteiger partial charge in [0.1, 0.15) is 5.75 Å². The number of halogens is 3. The van der Waals surface area contributed by atoms with Crippen LogP contribution in [0, 0.1) is 5.92 Å². The van der Waals surface area contributed by atoms with E-state index in [-0.39, 0.29) is 43.3 Å². The van der Waals surface area contributed by atoms with Gasteiger partial charge in [-0.3, -0.25) is 9.59 Å². The van der Waals surface area contributed by atoms with Crippen LogP contribution in [0.1, 0.15) is 77.1 Å². The number of aliphatic hydroxyl groups is 1. The van der Waals surface area contributed by atoms with Gasteiger partial charge in [0.25, 0.3) is 5.91 Å². The average Bonchev–Trinajstić information content (AvgIpc) is 2.92. The fourth-order valence-corrected chi connectivity index (χ4v) is 4.70. The van der Waals surface area contributed by atoms with Crippen LogP contribution < -0.4 is 15.4 Å². The maximum Gasteiger partial charge on any atom is 0.389 e. The van der Waals surface area contributed by atoms with Gasteiger partial charge in [-0.05, 0) is 65.2 Å². The summed E-state index contributed by atoms with van der Waals surface area (Å²) in [7, 11) is 1.44. The number of benzene rings is 1. The van der Waals surface area contributed by atoms with Crippen molar-refractivity contribution in [3.8, 4) is 5.75 Å². The number of nitrogens with one attached hydrogen (secondary N) is 2. The summed E-state index contributed by atoms with van der Waals surface area (Å²) in [6.45, 7) is 9.26. The molecule has 3 N–H and O–H groups in total. The number of anilines is 1. The number of hydrogen-bond donors (Lipinski definition) is 3. The molecular formula is C30H47F3N4O6. The van der Waals surface area contributed by atoms with Gasteiger partial charge in [0.15, 0.2) is 0 Å². The molecule has 0 aliphatic carbocycles. The van der Waals surface area contributed by atoms with Crippen molar-refractivity contribution in [3.63, 3.8) is 0 Å². The van der Waals surface area contributed by atoms with Crippen molar-refractivity contribution in [3.05, 3.63) is 23.8 Å². The summed E-state index contributed by atoms with van der Waals surface area (Å²) < 4.78 is 50.4. The van der Waals surface area contributed by atoms with Crippen LogP contribution in [0.4, 0.5) is 23.7 Å². The summed E-state index contributed by atoms with van der Waals surface area (Å²) >= 11 is 0. The third-order valence-corrected chi connectivity index (χ3v) is 7.23. The largest absolute Gasteiger partial charge is 0.490 e. The van der Waals surface area contributed by atoms with Crippen LogP contribution in [0.25, 0.3) is 0 Å². The summed E-state index contributed by atoms with van der Waals surface area (Å²) in [5.41, 5.74) is 0.586. The van der Waals surface area contributed by atoms with Crippen LogP contribution in [0.5, 0.6) is 5.75 Å². The second-order valence-electron chi connectivity index (χ2n) is 11.7. The van der Waals surface area contributed by atoms with E-state index in [0.717, 1.165) is 6.42 Å². The zero-order valence-electron chi connectivity index (χ0n) is 26.0. The Morgan fingerprint density at radius 2 is 1.88 bits per heavy atom. The highest BCUT2D eigenvalue weighted by molar-refractivity contribution is 5.99. The standard InChI is InChI=1S/C30H47F3N4O6/c1-19(2)34-29(41)35-23-10-11-25-24(15-23)28(40)37(21(4)18-38)16-20(3)26(42-14-8-7-9-22(5)43-25)17-36(6)27(39)12-13-30(31,32)33/h10-11,15,19-22,26,38H,7-9,12-14,16-18H2,1-6H3,(H2,34,35,41)/t20-,21+,22-,26-/m0/s1. The second-order valence-corrected chi connectivity index (χ2v) is 11.7. The van der Waals surface area contributed by atoms with Crippen molar-refractivity contribution in [2.45, 2.75) is 97.2 Å². The molecule has 0 fully saturated rings. The van der Waals surface area contributed by atoms with Crippen LogP contribution in [0.2, 0.25) is 0 Å². The normalized spacial score (nSPS) is 21.3. The first-order valence-corrected chi connectivity index (χ1v) is 14.8. The van der Waals surface area contributed by atoms with Gasteiger partial charge < -0.3 is 35.0 Å². The molecule has 0 bridgehead atoms. The number of likely N-dealkylation sites (N-methyl/N-ethyl adjacent to an activating group) is 1. The molecule has 0 saturated carbocycles. The Labute approximate surface area is 252 Å². The summed E-state index contributed by atoms with van der Waals surface area (Å²) in [6, 6.07) is 3.69. The molecule has 1 aromatic carbocycles. The SMILES string of the molecule is CC(C)NC(=O)Nc1ccc2c(c1)C(=O)N([C@H](C)CO)C[C@H](C)[C@H](CN(C)C(=O)CCC(F)(F)F)OCCCC[C@H](C)O2. The molecule has 0 aromatic heterocycles. The van der Waals surface area contributed by atoms with Crippen LogP contribution in [-0.4, -0.2) is 96.6 Å². The maximum absolute atomic E-state index is 14.1. The quantitative estimate of drug-likeness (QED) is 0.386. The van der Waals surface area contributed by atoms with Gasteiger partial charge in [0.2, 0.25) is 5.91 Å². The fourth-order valence-electron chi connectivity index (χ4n) is 4.70. The van der Waals surface area contributed by atoms with E-state index < -0.39 is 49.0 Å². The number of fused-ring (bicyclic) bond motifs is 1. The second kappa shape index (κ2) is 16.7. The van der Waals surface area contributed by atoms with Crippen molar-refractivity contribution in [2.75, 3.05) is 38.7 Å². The van der Waals surface area contributed by atoms with E-state index in [0.29, 0.717) is 30.9 Å². The van der Waals surface area contributed by atoms with E-state index in [1.165, 1.54) is 16.8 Å². The molecule has 1 aliphatic rings. The van der Waals surface area contributed by atoms with Crippen LogP contribution in [0.3, 0.4) is 0 Å². The minimum atomic E-state index is -4.43. The number of carbonyl (C=O) groups excluding carboxylic acids is 3. The number of aliphatic hydroxyl groups excluding tert-OH is 1. The van der Waals surface area contributed by atoms with E-state index in [1.54, 1.807) is 25.1 Å². The Morgan fingerprint density at radius 3 is 2.51 bits per heavy atom. The Kier molecular flexibility index (Phi) is 14.0. The summed E-state index contributed by atoms with van der Waals surface area (Å²) in [4.78, 5) is 41.6. The molecule has 4 atom stereocenters. The number of carbonyl (C=O) groups is 3. The minimum Gasteiger partial charge on any atom is -0.490 e. The molecule has 2 rings (SSSR count). The highest BCUT2D eigenvalue weighted by Gasteiger charge is 2.32. The van der Waals surface area contributed by atoms with Gasteiger partial charge in [-0.1, -0.05) is 6.92 Å². The fraction of sp³-hybridized carbons (Fsp3) is 0.700. The van der Waals surface area contributed by atoms with Crippen molar-refractivity contribution >= 4 is 23.5 Å². The third kappa shape index (κ3) is 12.2. The molecule has 1 aliphatic heterocycles. The number of urea groups is 1. The molecule has 10 nitrogen and oxygen atoms in total. The van der Waals surface area contributed by atoms with Gasteiger partial charge in [-0.25, -0.2) is 4.79 Å². The molecule has 0 saturated heterocycles. The Bertz CT molecular complexity index is 1070. The topological polar surface area (TPSA) is 120 Å². The number of hydrogen-bond acceptors (Lipinski definition) is 6. The lowest BCUT2D eigenvalue weighted by atomic mass is 10.0. The van der Waals surface area contributed by atoms with E-state index in [4.69, 9.17) is 9.47 Å². The Hall–Kier alpha value is -3.06. The maximum atomic E-state index is 14.1. The number of ether oxygens (including phenoxy) is 2. The van der Waals surface area contributed by atoms with Gasteiger partial charge in [-0.15, -0.1) is 0 Å². The van der Waals surface area contributed by atoms with Crippen LogP contribution >= 0.6 is 0 Å². The molecule has 4 amide bonds. The van der Waals surface area contributed by atoms with Gasteiger partial charge >= 0.3 is 12.2 Å².